The van der Waals surface area contributed by atoms with Gasteiger partial charge in [-0.05, 0) is 52.2 Å². The van der Waals surface area contributed by atoms with Crippen LogP contribution in [0.1, 0.15) is 16.7 Å². The molecule has 0 spiro atoms. The van der Waals surface area contributed by atoms with Crippen molar-refractivity contribution in [3.05, 3.63) is 144 Å². The fraction of sp³-hybridized carbons (Fsp3) is 0.0588. The minimum atomic E-state index is -0.185. The van der Waals surface area contributed by atoms with Crippen LogP contribution in [0.4, 0.5) is 5.69 Å². The Morgan fingerprint density at radius 2 is 1.49 bits per heavy atom. The van der Waals surface area contributed by atoms with Crippen LogP contribution in [0, 0.1) is 0 Å². The van der Waals surface area contributed by atoms with Crippen LogP contribution in [0.2, 0.25) is 0 Å². The number of carbonyl (C=O) groups is 1. The highest BCUT2D eigenvalue weighted by Gasteiger charge is 2.32. The van der Waals surface area contributed by atoms with Gasteiger partial charge < -0.3 is 9.47 Å². The van der Waals surface area contributed by atoms with Crippen molar-refractivity contribution >= 4 is 34.2 Å². The van der Waals surface area contributed by atoms with Gasteiger partial charge in [0.05, 0.1) is 18.4 Å². The van der Waals surface area contributed by atoms with E-state index in [1.165, 1.54) is 10.4 Å². The summed E-state index contributed by atoms with van der Waals surface area (Å²) < 4.78 is 11.9. The van der Waals surface area contributed by atoms with Crippen LogP contribution < -0.4 is 14.5 Å². The molecule has 0 unspecified atom stereocenters. The van der Waals surface area contributed by atoms with E-state index in [4.69, 9.17) is 14.6 Å². The molecular formula is C34H26N2O3. The Hall–Kier alpha value is -5.16. The lowest BCUT2D eigenvalue weighted by Gasteiger charge is -2.13. The van der Waals surface area contributed by atoms with Crippen molar-refractivity contribution in [1.29, 1.82) is 0 Å². The average molecular weight is 511 g/mol. The third-order valence-corrected chi connectivity index (χ3v) is 6.69. The largest absolute Gasteiger partial charge is 0.493 e. The van der Waals surface area contributed by atoms with Crippen LogP contribution in [0.5, 0.6) is 11.5 Å². The van der Waals surface area contributed by atoms with Crippen molar-refractivity contribution in [3.63, 3.8) is 0 Å². The molecule has 0 aromatic heterocycles. The highest BCUT2D eigenvalue weighted by molar-refractivity contribution is 6.37. The molecule has 6 rings (SSSR count). The third-order valence-electron chi connectivity index (χ3n) is 6.69. The van der Waals surface area contributed by atoms with Crippen molar-refractivity contribution in [2.75, 3.05) is 12.1 Å². The number of methoxy groups -OCH3 is 1. The second kappa shape index (κ2) is 10.7. The number of amides is 1. The normalized spacial score (nSPS) is 14.1. The van der Waals surface area contributed by atoms with Gasteiger partial charge >= 0.3 is 0 Å². The summed E-state index contributed by atoms with van der Waals surface area (Å²) in [6.07, 6.45) is 1.86. The first-order valence-corrected chi connectivity index (χ1v) is 12.7. The smallest absolute Gasteiger partial charge is 0.281 e. The SMILES string of the molecule is COc1cc(/C=C2\C(=O)N(c3ccccc3)N=C2c2ccccc2)ccc1OCc1cccc2ccccc12. The number of fused-ring (bicyclic) bond motifs is 1. The van der Waals surface area contributed by atoms with E-state index in [1.807, 2.05) is 103 Å². The Kier molecular flexibility index (Phi) is 6.62. The molecule has 0 saturated carbocycles. The molecule has 0 N–H and O–H groups in total. The number of anilines is 1. The van der Waals surface area contributed by atoms with Crippen LogP contribution in [0.25, 0.3) is 16.8 Å². The summed E-state index contributed by atoms with van der Waals surface area (Å²) in [7, 11) is 1.62. The Balaban J connectivity index is 1.31. The lowest BCUT2D eigenvalue weighted by atomic mass is 10.00. The van der Waals surface area contributed by atoms with Crippen molar-refractivity contribution in [2.45, 2.75) is 6.61 Å². The van der Waals surface area contributed by atoms with Gasteiger partial charge in [0.1, 0.15) is 12.3 Å². The van der Waals surface area contributed by atoms with E-state index in [9.17, 15) is 4.79 Å². The third kappa shape index (κ3) is 4.90. The highest BCUT2D eigenvalue weighted by Crippen LogP contribution is 2.32. The van der Waals surface area contributed by atoms with Crippen molar-refractivity contribution < 1.29 is 14.3 Å². The monoisotopic (exact) mass is 510 g/mol. The first-order valence-electron chi connectivity index (χ1n) is 12.7. The topological polar surface area (TPSA) is 51.1 Å². The zero-order chi connectivity index (χ0) is 26.6. The predicted octanol–water partition coefficient (Wildman–Crippen LogP) is 7.26. The maximum Gasteiger partial charge on any atom is 0.281 e. The van der Waals surface area contributed by atoms with E-state index in [0.29, 0.717) is 35.1 Å². The number of hydrogen-bond donors (Lipinski definition) is 0. The lowest BCUT2D eigenvalue weighted by Crippen LogP contribution is -2.21. The first-order chi connectivity index (χ1) is 19.2. The van der Waals surface area contributed by atoms with Crippen LogP contribution in [-0.2, 0) is 11.4 Å². The molecular weight excluding hydrogens is 484 g/mol. The minimum absolute atomic E-state index is 0.185. The van der Waals surface area contributed by atoms with Gasteiger partial charge in [-0.1, -0.05) is 97.1 Å². The molecule has 0 atom stereocenters. The van der Waals surface area contributed by atoms with E-state index >= 15 is 0 Å². The summed E-state index contributed by atoms with van der Waals surface area (Å²) >= 11 is 0. The van der Waals surface area contributed by atoms with Gasteiger partial charge in [-0.15, -0.1) is 0 Å². The van der Waals surface area contributed by atoms with E-state index in [2.05, 4.69) is 24.3 Å². The molecule has 5 heteroatoms. The number of hydrogen-bond acceptors (Lipinski definition) is 4. The van der Waals surface area contributed by atoms with Crippen molar-refractivity contribution in [2.24, 2.45) is 5.10 Å². The fourth-order valence-electron chi connectivity index (χ4n) is 4.73. The summed E-state index contributed by atoms with van der Waals surface area (Å²) in [4.78, 5) is 13.6. The molecule has 39 heavy (non-hydrogen) atoms. The molecule has 0 saturated heterocycles. The Bertz CT molecular complexity index is 1700. The molecule has 5 aromatic carbocycles. The molecule has 5 aromatic rings. The van der Waals surface area contributed by atoms with E-state index in [0.717, 1.165) is 22.1 Å². The fourth-order valence-corrected chi connectivity index (χ4v) is 4.73. The second-order valence-electron chi connectivity index (χ2n) is 9.16. The molecule has 190 valence electrons. The maximum absolute atomic E-state index is 13.6. The number of para-hydroxylation sites is 1. The lowest BCUT2D eigenvalue weighted by molar-refractivity contribution is -0.114. The number of rotatable bonds is 7. The molecule has 1 amide bonds. The number of carbonyl (C=O) groups excluding carboxylic acids is 1. The van der Waals surface area contributed by atoms with Gasteiger partial charge in [-0.25, -0.2) is 0 Å². The van der Waals surface area contributed by atoms with E-state index in [1.54, 1.807) is 7.11 Å². The number of nitrogens with zero attached hydrogens (tertiary/aromatic N) is 2. The van der Waals surface area contributed by atoms with Gasteiger partial charge in [0.25, 0.3) is 5.91 Å². The zero-order valence-electron chi connectivity index (χ0n) is 21.5. The van der Waals surface area contributed by atoms with Crippen molar-refractivity contribution in [1.82, 2.24) is 0 Å². The summed E-state index contributed by atoms with van der Waals surface area (Å²) in [6.45, 7) is 0.410. The molecule has 1 heterocycles. The number of hydrazone groups is 1. The molecule has 0 radical (unpaired) electrons. The Morgan fingerprint density at radius 3 is 2.28 bits per heavy atom. The van der Waals surface area contributed by atoms with Crippen molar-refractivity contribution in [3.8, 4) is 11.5 Å². The number of ether oxygens (including phenoxy) is 2. The van der Waals surface area contributed by atoms with Gasteiger partial charge in [0.2, 0.25) is 0 Å². The quantitative estimate of drug-likeness (QED) is 0.217. The molecule has 1 aliphatic heterocycles. The van der Waals surface area contributed by atoms with Crippen LogP contribution in [0.15, 0.2) is 132 Å². The van der Waals surface area contributed by atoms with Gasteiger partial charge in [-0.3, -0.25) is 4.79 Å². The summed E-state index contributed by atoms with van der Waals surface area (Å²) in [6, 6.07) is 39.3. The van der Waals surface area contributed by atoms with Crippen LogP contribution >= 0.6 is 0 Å². The zero-order valence-corrected chi connectivity index (χ0v) is 21.5. The first kappa shape index (κ1) is 24.2. The molecule has 1 aliphatic rings. The summed E-state index contributed by atoms with van der Waals surface area (Å²) in [5, 5.41) is 8.50. The molecule has 5 nitrogen and oxygen atoms in total. The van der Waals surface area contributed by atoms with Crippen LogP contribution in [-0.4, -0.2) is 18.7 Å². The van der Waals surface area contributed by atoms with Gasteiger partial charge in [-0.2, -0.15) is 10.1 Å². The molecule has 0 bridgehead atoms. The number of benzene rings is 5. The van der Waals surface area contributed by atoms with E-state index < -0.39 is 0 Å². The second-order valence-corrected chi connectivity index (χ2v) is 9.16. The summed E-state index contributed by atoms with van der Waals surface area (Å²) in [5.74, 6) is 1.04. The predicted molar refractivity (Wildman–Crippen MR) is 156 cm³/mol. The molecule has 0 aliphatic carbocycles. The van der Waals surface area contributed by atoms with Gasteiger partial charge in [0, 0.05) is 5.56 Å². The Labute approximate surface area is 227 Å². The minimum Gasteiger partial charge on any atom is -0.493 e. The highest BCUT2D eigenvalue weighted by atomic mass is 16.5. The molecule has 0 fully saturated rings. The average Bonchev–Trinajstić information content (AvgIpc) is 3.32. The standard InChI is InChI=1S/C34H26N2O3/c1-38-32-22-24(19-20-31(32)39-23-27-15-10-14-25-11-8-9-18-29(25)27)21-30-33(26-12-4-2-5-13-26)35-36(34(30)37)28-16-6-3-7-17-28/h2-22H,23H2,1H3/b30-21-. The summed E-state index contributed by atoms with van der Waals surface area (Å²) in [5.41, 5.74) is 4.64. The Morgan fingerprint density at radius 1 is 0.769 bits per heavy atom. The van der Waals surface area contributed by atoms with Crippen LogP contribution in [0.3, 0.4) is 0 Å². The van der Waals surface area contributed by atoms with Gasteiger partial charge in [0.15, 0.2) is 11.5 Å². The van der Waals surface area contributed by atoms with E-state index in [-0.39, 0.29) is 5.91 Å². The maximum atomic E-state index is 13.6.